The molecule has 1 atom stereocenters. The molecule has 0 bridgehead atoms. The number of guanidine groups is 1. The van der Waals surface area contributed by atoms with Crippen LogP contribution >= 0.6 is 11.8 Å². The lowest BCUT2D eigenvalue weighted by Crippen LogP contribution is -2.40. The quantitative estimate of drug-likeness (QED) is 0.490. The smallest absolute Gasteiger partial charge is 0.224 e. The van der Waals surface area contributed by atoms with Crippen molar-refractivity contribution in [3.05, 3.63) is 29.8 Å². The number of rotatable bonds is 8. The molecule has 1 fully saturated rings. The molecule has 5 nitrogen and oxygen atoms in total. The standard InChI is InChI=1S/C19H30N4OS/c1-3-7-18(24)23-16-9-5-8-15(12-16)13-21-19(20-4-2)22-14-17-10-6-11-25-17/h5,8-9,12,17H,3-4,6-7,10-11,13-14H2,1-2H3,(H,23,24)(H2,20,21,22). The first kappa shape index (κ1) is 19.6. The minimum Gasteiger partial charge on any atom is -0.357 e. The van der Waals surface area contributed by atoms with Gasteiger partial charge < -0.3 is 16.0 Å². The number of carbonyl (C=O) groups is 1. The van der Waals surface area contributed by atoms with Gasteiger partial charge in [-0.2, -0.15) is 11.8 Å². The number of amides is 1. The van der Waals surface area contributed by atoms with Crippen LogP contribution in [0.1, 0.15) is 45.1 Å². The van der Waals surface area contributed by atoms with Gasteiger partial charge in [0.25, 0.3) is 0 Å². The highest BCUT2D eigenvalue weighted by Crippen LogP contribution is 2.25. The predicted molar refractivity (Wildman–Crippen MR) is 108 cm³/mol. The van der Waals surface area contributed by atoms with E-state index < -0.39 is 0 Å². The van der Waals surface area contributed by atoms with E-state index in [1.54, 1.807) is 0 Å². The van der Waals surface area contributed by atoms with Crippen molar-refractivity contribution in [2.24, 2.45) is 4.99 Å². The van der Waals surface area contributed by atoms with Gasteiger partial charge in [-0.1, -0.05) is 19.1 Å². The van der Waals surface area contributed by atoms with Crippen LogP contribution in [0.4, 0.5) is 5.69 Å². The van der Waals surface area contributed by atoms with Crippen molar-refractivity contribution in [1.82, 2.24) is 10.6 Å². The zero-order valence-corrected chi connectivity index (χ0v) is 16.1. The Bertz CT molecular complexity index is 570. The van der Waals surface area contributed by atoms with Gasteiger partial charge in [0.2, 0.25) is 5.91 Å². The van der Waals surface area contributed by atoms with E-state index in [0.29, 0.717) is 18.2 Å². The molecular weight excluding hydrogens is 332 g/mol. The van der Waals surface area contributed by atoms with Crippen molar-refractivity contribution in [2.75, 3.05) is 24.2 Å². The molecule has 6 heteroatoms. The molecule has 0 radical (unpaired) electrons. The second-order valence-electron chi connectivity index (χ2n) is 6.21. The molecule has 0 saturated carbocycles. The summed E-state index contributed by atoms with van der Waals surface area (Å²) in [5.41, 5.74) is 1.92. The van der Waals surface area contributed by atoms with Crippen LogP contribution in [0.5, 0.6) is 0 Å². The van der Waals surface area contributed by atoms with Gasteiger partial charge in [0.1, 0.15) is 0 Å². The molecule has 2 rings (SSSR count). The molecule has 138 valence electrons. The van der Waals surface area contributed by atoms with Crippen molar-refractivity contribution in [3.8, 4) is 0 Å². The summed E-state index contributed by atoms with van der Waals surface area (Å²) in [6, 6.07) is 7.91. The predicted octanol–water partition coefficient (Wildman–Crippen LogP) is 3.38. The SMILES string of the molecule is CCCC(=O)Nc1cccc(CN=C(NCC)NCC2CCCS2)c1. The van der Waals surface area contributed by atoms with Crippen molar-refractivity contribution in [1.29, 1.82) is 0 Å². The summed E-state index contributed by atoms with van der Waals surface area (Å²) in [6.45, 7) is 6.47. The van der Waals surface area contributed by atoms with Gasteiger partial charge in [0.05, 0.1) is 6.54 Å². The average molecular weight is 363 g/mol. The molecule has 25 heavy (non-hydrogen) atoms. The van der Waals surface area contributed by atoms with Gasteiger partial charge in [-0.3, -0.25) is 4.79 Å². The van der Waals surface area contributed by atoms with Crippen LogP contribution in [-0.2, 0) is 11.3 Å². The van der Waals surface area contributed by atoms with Gasteiger partial charge in [-0.15, -0.1) is 0 Å². The normalized spacial score (nSPS) is 17.4. The summed E-state index contributed by atoms with van der Waals surface area (Å²) in [5, 5.41) is 10.4. The van der Waals surface area contributed by atoms with E-state index in [0.717, 1.165) is 36.7 Å². The van der Waals surface area contributed by atoms with Crippen molar-refractivity contribution < 1.29 is 4.79 Å². The zero-order chi connectivity index (χ0) is 17.9. The topological polar surface area (TPSA) is 65.5 Å². The van der Waals surface area contributed by atoms with E-state index in [-0.39, 0.29) is 5.91 Å². The van der Waals surface area contributed by atoms with Gasteiger partial charge in [0, 0.05) is 30.4 Å². The highest BCUT2D eigenvalue weighted by atomic mass is 32.2. The van der Waals surface area contributed by atoms with Gasteiger partial charge >= 0.3 is 0 Å². The second-order valence-corrected chi connectivity index (χ2v) is 7.62. The van der Waals surface area contributed by atoms with E-state index in [1.807, 2.05) is 43.0 Å². The Morgan fingerprint density at radius 3 is 2.92 bits per heavy atom. The largest absolute Gasteiger partial charge is 0.357 e. The number of nitrogens with zero attached hydrogens (tertiary/aromatic N) is 1. The van der Waals surface area contributed by atoms with Crippen molar-refractivity contribution in [2.45, 2.75) is 51.3 Å². The summed E-state index contributed by atoms with van der Waals surface area (Å²) in [6.07, 6.45) is 4.01. The summed E-state index contributed by atoms with van der Waals surface area (Å²) >= 11 is 2.04. The number of aliphatic imine (C=N–C) groups is 1. The number of benzene rings is 1. The number of hydrogen-bond donors (Lipinski definition) is 3. The van der Waals surface area contributed by atoms with Crippen LogP contribution in [-0.4, -0.2) is 36.0 Å². The Kier molecular flexibility index (Phi) is 8.66. The van der Waals surface area contributed by atoms with Gasteiger partial charge in [-0.25, -0.2) is 4.99 Å². The first-order chi connectivity index (χ1) is 12.2. The number of hydrogen-bond acceptors (Lipinski definition) is 3. The molecule has 0 spiro atoms. The molecule has 1 amide bonds. The van der Waals surface area contributed by atoms with Crippen LogP contribution in [0.2, 0.25) is 0 Å². The molecule has 1 saturated heterocycles. The zero-order valence-electron chi connectivity index (χ0n) is 15.3. The van der Waals surface area contributed by atoms with Crippen LogP contribution in [0.15, 0.2) is 29.3 Å². The van der Waals surface area contributed by atoms with Crippen molar-refractivity contribution in [3.63, 3.8) is 0 Å². The Hall–Kier alpha value is -1.69. The highest BCUT2D eigenvalue weighted by Gasteiger charge is 2.15. The van der Waals surface area contributed by atoms with E-state index in [9.17, 15) is 4.79 Å². The fourth-order valence-electron chi connectivity index (χ4n) is 2.73. The minimum atomic E-state index is 0.0622. The molecule has 1 unspecified atom stereocenters. The van der Waals surface area contributed by atoms with E-state index >= 15 is 0 Å². The molecule has 1 aromatic carbocycles. The molecule has 1 aliphatic heterocycles. The third-order valence-corrected chi connectivity index (χ3v) is 5.37. The van der Waals surface area contributed by atoms with E-state index in [1.165, 1.54) is 18.6 Å². The fraction of sp³-hybridized carbons (Fsp3) is 0.579. The Labute approximate surface area is 155 Å². The maximum atomic E-state index is 11.7. The Morgan fingerprint density at radius 2 is 2.20 bits per heavy atom. The lowest BCUT2D eigenvalue weighted by atomic mass is 10.2. The van der Waals surface area contributed by atoms with Crippen LogP contribution < -0.4 is 16.0 Å². The minimum absolute atomic E-state index is 0.0622. The third-order valence-electron chi connectivity index (χ3n) is 3.97. The summed E-state index contributed by atoms with van der Waals surface area (Å²) in [4.78, 5) is 16.4. The molecule has 0 aliphatic carbocycles. The molecule has 1 heterocycles. The fourth-order valence-corrected chi connectivity index (χ4v) is 3.93. The summed E-state index contributed by atoms with van der Waals surface area (Å²) < 4.78 is 0. The maximum absolute atomic E-state index is 11.7. The number of nitrogens with one attached hydrogen (secondary N) is 3. The summed E-state index contributed by atoms with van der Waals surface area (Å²) in [5.74, 6) is 2.19. The number of anilines is 1. The molecule has 0 aromatic heterocycles. The first-order valence-electron chi connectivity index (χ1n) is 9.23. The highest BCUT2D eigenvalue weighted by molar-refractivity contribution is 8.00. The average Bonchev–Trinajstić information content (AvgIpc) is 3.11. The maximum Gasteiger partial charge on any atom is 0.224 e. The number of carbonyl (C=O) groups excluding carboxylic acids is 1. The van der Waals surface area contributed by atoms with Gasteiger partial charge in [-0.05, 0) is 49.6 Å². The van der Waals surface area contributed by atoms with Crippen molar-refractivity contribution >= 4 is 29.3 Å². The number of thioether (sulfide) groups is 1. The van der Waals surface area contributed by atoms with Crippen LogP contribution in [0.25, 0.3) is 0 Å². The Balaban J connectivity index is 1.90. The first-order valence-corrected chi connectivity index (χ1v) is 10.3. The molecular formula is C19H30N4OS. The second kappa shape index (κ2) is 11.0. The lowest BCUT2D eigenvalue weighted by Gasteiger charge is -2.14. The van der Waals surface area contributed by atoms with Gasteiger partial charge in [0.15, 0.2) is 5.96 Å². The summed E-state index contributed by atoms with van der Waals surface area (Å²) in [7, 11) is 0. The monoisotopic (exact) mass is 362 g/mol. The van der Waals surface area contributed by atoms with E-state index in [2.05, 4.69) is 27.9 Å². The molecule has 1 aromatic rings. The van der Waals surface area contributed by atoms with Crippen LogP contribution in [0, 0.1) is 0 Å². The lowest BCUT2D eigenvalue weighted by molar-refractivity contribution is -0.116. The third kappa shape index (κ3) is 7.38. The van der Waals surface area contributed by atoms with Crippen LogP contribution in [0.3, 0.4) is 0 Å². The Morgan fingerprint density at radius 1 is 1.32 bits per heavy atom. The molecule has 1 aliphatic rings. The molecule has 3 N–H and O–H groups in total. The van der Waals surface area contributed by atoms with E-state index in [4.69, 9.17) is 0 Å².